The minimum atomic E-state index is -0.378. The first-order valence-electron chi connectivity index (χ1n) is 10.5. The van der Waals surface area contributed by atoms with Crippen molar-refractivity contribution in [1.82, 2.24) is 14.9 Å². The van der Waals surface area contributed by atoms with Crippen LogP contribution in [0.4, 0.5) is 5.69 Å². The maximum absolute atomic E-state index is 10.6. The van der Waals surface area contributed by atoms with Crippen LogP contribution in [0.15, 0.2) is 54.9 Å². The van der Waals surface area contributed by atoms with E-state index in [4.69, 9.17) is 0 Å². The number of nitrogens with one attached hydrogen (secondary N) is 2. The van der Waals surface area contributed by atoms with Crippen molar-refractivity contribution in [3.05, 3.63) is 82.9 Å². The number of nitrogens with zero attached hydrogens (tertiary/aromatic N) is 2. The summed E-state index contributed by atoms with van der Waals surface area (Å²) in [5.41, 5.74) is 6.18. The highest BCUT2D eigenvalue weighted by Crippen LogP contribution is 2.33. The first kappa shape index (κ1) is 19.7. The zero-order chi connectivity index (χ0) is 20.2. The molecular formula is C24H30N4O. The molecule has 0 aliphatic heterocycles. The van der Waals surface area contributed by atoms with E-state index in [2.05, 4.69) is 65.0 Å². The van der Waals surface area contributed by atoms with Gasteiger partial charge in [0.15, 0.2) is 0 Å². The summed E-state index contributed by atoms with van der Waals surface area (Å²) in [6.07, 6.45) is 6.12. The van der Waals surface area contributed by atoms with Crippen molar-refractivity contribution in [2.24, 2.45) is 7.05 Å². The zero-order valence-corrected chi connectivity index (χ0v) is 17.2. The number of hydrogen-bond acceptors (Lipinski definition) is 4. The van der Waals surface area contributed by atoms with E-state index < -0.39 is 0 Å². The second-order valence-electron chi connectivity index (χ2n) is 7.84. The molecule has 152 valence electrons. The lowest BCUT2D eigenvalue weighted by molar-refractivity contribution is 0.142. The third-order valence-corrected chi connectivity index (χ3v) is 5.88. The number of benzene rings is 2. The quantitative estimate of drug-likeness (QED) is 0.552. The number of imidazole rings is 1. The number of rotatable bonds is 8. The third-order valence-electron chi connectivity index (χ3n) is 5.88. The summed E-state index contributed by atoms with van der Waals surface area (Å²) in [6.45, 7) is 3.70. The Morgan fingerprint density at radius 1 is 1.14 bits per heavy atom. The fraction of sp³-hybridized carbons (Fsp3) is 0.375. The molecule has 0 radical (unpaired) electrons. The fourth-order valence-corrected chi connectivity index (χ4v) is 4.04. The van der Waals surface area contributed by atoms with Crippen molar-refractivity contribution < 1.29 is 5.11 Å². The molecule has 0 saturated heterocycles. The van der Waals surface area contributed by atoms with Gasteiger partial charge in [-0.3, -0.25) is 0 Å². The number of aliphatic hydroxyl groups is 1. The zero-order valence-electron chi connectivity index (χ0n) is 17.2. The summed E-state index contributed by atoms with van der Waals surface area (Å²) in [5.74, 6) is 0.995. The van der Waals surface area contributed by atoms with E-state index in [0.29, 0.717) is 13.0 Å². The van der Waals surface area contributed by atoms with Crippen LogP contribution in [0.1, 0.15) is 41.0 Å². The first-order chi connectivity index (χ1) is 14.1. The predicted octanol–water partition coefficient (Wildman–Crippen LogP) is 3.39. The highest BCUT2D eigenvalue weighted by molar-refractivity contribution is 5.52. The summed E-state index contributed by atoms with van der Waals surface area (Å²) in [7, 11) is 2.00. The Bertz CT molecular complexity index is 948. The summed E-state index contributed by atoms with van der Waals surface area (Å²) < 4.78 is 2.02. The Balaban J connectivity index is 1.38. The second-order valence-corrected chi connectivity index (χ2v) is 7.84. The van der Waals surface area contributed by atoms with Crippen LogP contribution in [0.25, 0.3) is 0 Å². The Morgan fingerprint density at radius 2 is 1.93 bits per heavy atom. The molecule has 5 nitrogen and oxygen atoms in total. The van der Waals surface area contributed by atoms with Gasteiger partial charge in [-0.05, 0) is 53.8 Å². The summed E-state index contributed by atoms with van der Waals surface area (Å²) in [4.78, 5) is 4.36. The van der Waals surface area contributed by atoms with E-state index >= 15 is 0 Å². The van der Waals surface area contributed by atoms with Crippen LogP contribution in [0.5, 0.6) is 0 Å². The number of aliphatic hydroxyl groups excluding tert-OH is 1. The van der Waals surface area contributed by atoms with E-state index in [1.54, 1.807) is 0 Å². The number of anilines is 1. The topological polar surface area (TPSA) is 62.1 Å². The van der Waals surface area contributed by atoms with E-state index in [0.717, 1.165) is 30.9 Å². The van der Waals surface area contributed by atoms with Gasteiger partial charge < -0.3 is 20.3 Å². The first-order valence-corrected chi connectivity index (χ1v) is 10.5. The van der Waals surface area contributed by atoms with Crippen LogP contribution in [0, 0.1) is 0 Å². The highest BCUT2D eigenvalue weighted by Gasteiger charge is 2.30. The molecule has 0 spiro atoms. The van der Waals surface area contributed by atoms with E-state index in [1.807, 2.05) is 24.0 Å². The predicted molar refractivity (Wildman–Crippen MR) is 117 cm³/mol. The van der Waals surface area contributed by atoms with Gasteiger partial charge in [-0.15, -0.1) is 0 Å². The van der Waals surface area contributed by atoms with Gasteiger partial charge in [-0.25, -0.2) is 4.98 Å². The smallest absolute Gasteiger partial charge is 0.127 e. The van der Waals surface area contributed by atoms with Crippen LogP contribution < -0.4 is 10.6 Å². The van der Waals surface area contributed by atoms with Crippen LogP contribution >= 0.6 is 0 Å². The minimum absolute atomic E-state index is 0.0187. The maximum atomic E-state index is 10.6. The molecule has 1 aromatic heterocycles. The minimum Gasteiger partial charge on any atom is -0.391 e. The lowest BCUT2D eigenvalue weighted by Crippen LogP contribution is -2.30. The Morgan fingerprint density at radius 3 is 2.66 bits per heavy atom. The average molecular weight is 391 g/mol. The van der Waals surface area contributed by atoms with Crippen LogP contribution in [-0.2, 0) is 32.9 Å². The Labute approximate surface area is 172 Å². The maximum Gasteiger partial charge on any atom is 0.127 e. The van der Waals surface area contributed by atoms with Gasteiger partial charge in [-0.1, -0.05) is 37.3 Å². The molecule has 2 aromatic carbocycles. The van der Waals surface area contributed by atoms with Gasteiger partial charge in [0.05, 0.1) is 18.7 Å². The Hall–Kier alpha value is -2.63. The standard InChI is InChI=1S/C24H30N4O/c1-3-17-4-6-18(7-5-17)10-11-26-24-21-15-20(9-8-19(21)14-22(24)29)27-16-23-25-12-13-28(23)2/h4-9,12-13,15,22,24,26-27,29H,3,10-11,14,16H2,1-2H3/t22-,24-/m1/s1. The third kappa shape index (κ3) is 4.52. The van der Waals surface area contributed by atoms with Gasteiger partial charge in [0.2, 0.25) is 0 Å². The summed E-state index contributed by atoms with van der Waals surface area (Å²) in [6, 6.07) is 15.2. The molecule has 4 rings (SSSR count). The molecular weight excluding hydrogens is 360 g/mol. The molecule has 3 aromatic rings. The second kappa shape index (κ2) is 8.80. The Kier molecular flexibility index (Phi) is 5.97. The molecule has 0 bridgehead atoms. The molecule has 1 aliphatic carbocycles. The normalized spacial score (nSPS) is 18.0. The molecule has 0 unspecified atom stereocenters. The largest absolute Gasteiger partial charge is 0.391 e. The number of fused-ring (bicyclic) bond motifs is 1. The molecule has 5 heteroatoms. The van der Waals surface area contributed by atoms with Crippen LogP contribution in [0.2, 0.25) is 0 Å². The van der Waals surface area contributed by atoms with Crippen LogP contribution in [-0.4, -0.2) is 27.3 Å². The SMILES string of the molecule is CCc1ccc(CCN[C@@H]2c3cc(NCc4nccn4C)ccc3C[C@H]2O)cc1. The van der Waals surface area contributed by atoms with Gasteiger partial charge in [0.25, 0.3) is 0 Å². The lowest BCUT2D eigenvalue weighted by atomic mass is 10.1. The van der Waals surface area contributed by atoms with Crippen molar-refractivity contribution in [3.63, 3.8) is 0 Å². The molecule has 29 heavy (non-hydrogen) atoms. The molecule has 0 fully saturated rings. The molecule has 3 N–H and O–H groups in total. The number of aromatic nitrogens is 2. The number of aryl methyl sites for hydroxylation is 2. The van der Waals surface area contributed by atoms with E-state index in [9.17, 15) is 5.11 Å². The van der Waals surface area contributed by atoms with Crippen molar-refractivity contribution in [3.8, 4) is 0 Å². The van der Waals surface area contributed by atoms with Gasteiger partial charge in [0, 0.05) is 31.5 Å². The average Bonchev–Trinajstić information content (AvgIpc) is 3.29. The van der Waals surface area contributed by atoms with Gasteiger partial charge in [-0.2, -0.15) is 0 Å². The van der Waals surface area contributed by atoms with Crippen molar-refractivity contribution in [2.45, 2.75) is 44.9 Å². The van der Waals surface area contributed by atoms with Crippen molar-refractivity contribution >= 4 is 5.69 Å². The number of hydrogen-bond donors (Lipinski definition) is 3. The lowest BCUT2D eigenvalue weighted by Gasteiger charge is -2.19. The van der Waals surface area contributed by atoms with E-state index in [1.165, 1.54) is 22.3 Å². The summed E-state index contributed by atoms with van der Waals surface area (Å²) in [5, 5.41) is 17.6. The molecule has 1 aliphatic rings. The fourth-order valence-electron chi connectivity index (χ4n) is 4.04. The van der Waals surface area contributed by atoms with Gasteiger partial charge >= 0.3 is 0 Å². The van der Waals surface area contributed by atoms with Gasteiger partial charge in [0.1, 0.15) is 5.82 Å². The van der Waals surface area contributed by atoms with Crippen molar-refractivity contribution in [2.75, 3.05) is 11.9 Å². The molecule has 0 saturated carbocycles. The van der Waals surface area contributed by atoms with E-state index in [-0.39, 0.29) is 12.1 Å². The van der Waals surface area contributed by atoms with Crippen LogP contribution in [0.3, 0.4) is 0 Å². The summed E-state index contributed by atoms with van der Waals surface area (Å²) >= 11 is 0. The highest BCUT2D eigenvalue weighted by atomic mass is 16.3. The molecule has 0 amide bonds. The van der Waals surface area contributed by atoms with Crippen molar-refractivity contribution in [1.29, 1.82) is 0 Å². The monoisotopic (exact) mass is 390 g/mol. The molecule has 2 atom stereocenters. The molecule has 1 heterocycles.